The van der Waals surface area contributed by atoms with Crippen LogP contribution in [0.5, 0.6) is 0 Å². The van der Waals surface area contributed by atoms with Crippen molar-refractivity contribution in [1.29, 1.82) is 0 Å². The van der Waals surface area contributed by atoms with Crippen molar-refractivity contribution in [2.75, 3.05) is 0 Å². The van der Waals surface area contributed by atoms with E-state index in [-0.39, 0.29) is 0 Å². The molecule has 0 unspecified atom stereocenters. The van der Waals surface area contributed by atoms with Crippen LogP contribution in [0, 0.1) is 0 Å². The van der Waals surface area contributed by atoms with Crippen molar-refractivity contribution in [2.45, 2.75) is 59.8 Å². The second-order valence-electron chi connectivity index (χ2n) is 4.24. The van der Waals surface area contributed by atoms with E-state index in [0.29, 0.717) is 0 Å². The summed E-state index contributed by atoms with van der Waals surface area (Å²) in [5.74, 6) is 0. The SMILES string of the molecule is CCCCCCC[CH2][Sn]([CH3])([CH3])[Cl]. The van der Waals surface area contributed by atoms with Gasteiger partial charge in [0.15, 0.2) is 0 Å². The maximum atomic E-state index is 6.28. The molecule has 0 spiro atoms. The summed E-state index contributed by atoms with van der Waals surface area (Å²) in [6, 6.07) is 0. The molecule has 0 aromatic heterocycles. The third kappa shape index (κ3) is 11.1. The number of hydrogen-bond donors (Lipinski definition) is 0. The summed E-state index contributed by atoms with van der Waals surface area (Å²) in [6.07, 6.45) is 8.40. The Labute approximate surface area is 85.7 Å². The second-order valence-corrected chi connectivity index (χ2v) is 22.3. The molecule has 0 nitrogen and oxygen atoms in total. The van der Waals surface area contributed by atoms with Crippen molar-refractivity contribution < 1.29 is 0 Å². The van der Waals surface area contributed by atoms with Gasteiger partial charge in [-0.1, -0.05) is 0 Å². The molecule has 0 aliphatic rings. The first-order valence-corrected chi connectivity index (χ1v) is 16.6. The molecule has 74 valence electrons. The molecule has 0 aromatic carbocycles. The number of rotatable bonds is 7. The Morgan fingerprint density at radius 1 is 0.917 bits per heavy atom. The minimum absolute atomic E-state index is 1.35. The van der Waals surface area contributed by atoms with Gasteiger partial charge in [0.2, 0.25) is 0 Å². The van der Waals surface area contributed by atoms with Crippen LogP contribution in [0.25, 0.3) is 0 Å². The molecule has 0 bridgehead atoms. The molecule has 0 amide bonds. The molecule has 2 heteroatoms. The van der Waals surface area contributed by atoms with Crippen molar-refractivity contribution in [3.63, 3.8) is 0 Å². The fraction of sp³-hybridized carbons (Fsp3) is 1.00. The van der Waals surface area contributed by atoms with Crippen molar-refractivity contribution in [3.05, 3.63) is 0 Å². The Morgan fingerprint density at radius 2 is 1.42 bits per heavy atom. The van der Waals surface area contributed by atoms with E-state index in [0.717, 1.165) is 0 Å². The molecular weight excluding hydrogens is 274 g/mol. The van der Waals surface area contributed by atoms with Gasteiger partial charge in [-0.2, -0.15) is 0 Å². The Morgan fingerprint density at radius 3 is 1.92 bits per heavy atom. The third-order valence-corrected chi connectivity index (χ3v) is 7.80. The average Bonchev–Trinajstić information content (AvgIpc) is 1.94. The Balaban J connectivity index is 3.01. The van der Waals surface area contributed by atoms with Crippen LogP contribution >= 0.6 is 8.92 Å². The molecular formula is C10H23ClSn. The molecule has 12 heavy (non-hydrogen) atoms. The van der Waals surface area contributed by atoms with Crippen molar-refractivity contribution in [1.82, 2.24) is 0 Å². The van der Waals surface area contributed by atoms with Gasteiger partial charge in [-0.05, 0) is 0 Å². The van der Waals surface area contributed by atoms with Crippen LogP contribution in [-0.2, 0) is 0 Å². The summed E-state index contributed by atoms with van der Waals surface area (Å²) in [7, 11) is 6.28. The summed E-state index contributed by atoms with van der Waals surface area (Å²) < 4.78 is 1.36. The van der Waals surface area contributed by atoms with Gasteiger partial charge in [0.1, 0.15) is 0 Å². The monoisotopic (exact) mass is 298 g/mol. The summed E-state index contributed by atoms with van der Waals surface area (Å²) in [5, 5.41) is 0. The number of unbranched alkanes of at least 4 members (excludes halogenated alkanes) is 5. The van der Waals surface area contributed by atoms with Crippen LogP contribution in [0.4, 0.5) is 0 Å². The number of halogens is 1. The van der Waals surface area contributed by atoms with Crippen molar-refractivity contribution in [3.8, 4) is 0 Å². The molecule has 0 radical (unpaired) electrons. The summed E-state index contributed by atoms with van der Waals surface area (Å²) in [5.41, 5.74) is 0. The van der Waals surface area contributed by atoms with Gasteiger partial charge < -0.3 is 0 Å². The molecule has 0 rings (SSSR count). The zero-order chi connectivity index (χ0) is 9.45. The van der Waals surface area contributed by atoms with Crippen LogP contribution in [0.1, 0.15) is 45.4 Å². The zero-order valence-corrected chi connectivity index (χ0v) is 12.4. The van der Waals surface area contributed by atoms with E-state index in [4.69, 9.17) is 8.92 Å². The normalized spacial score (nSPS) is 12.0. The summed E-state index contributed by atoms with van der Waals surface area (Å²) in [6.45, 7) is 2.26. The van der Waals surface area contributed by atoms with E-state index in [1.807, 2.05) is 0 Å². The topological polar surface area (TPSA) is 0 Å². The Hall–Kier alpha value is 1.09. The fourth-order valence-corrected chi connectivity index (χ4v) is 5.34. The van der Waals surface area contributed by atoms with E-state index in [1.165, 1.54) is 43.0 Å². The zero-order valence-electron chi connectivity index (χ0n) is 8.83. The fourth-order valence-electron chi connectivity index (χ4n) is 1.33. The summed E-state index contributed by atoms with van der Waals surface area (Å²) in [4.78, 5) is 4.62. The van der Waals surface area contributed by atoms with E-state index in [2.05, 4.69) is 16.8 Å². The molecule has 0 fully saturated rings. The van der Waals surface area contributed by atoms with Crippen LogP contribution in [0.2, 0.25) is 14.3 Å². The molecule has 0 N–H and O–H groups in total. The first-order chi connectivity index (χ1) is 5.56. The first-order valence-electron chi connectivity index (χ1n) is 5.25. The molecule has 0 saturated carbocycles. The van der Waals surface area contributed by atoms with E-state index < -0.39 is 17.3 Å². The quantitative estimate of drug-likeness (QED) is 0.468. The standard InChI is InChI=1S/C8H17.2CH3.ClH.Sn/c1-3-5-7-8-6-4-2;;;;/h1,3-8H2,2H3;2*1H3;1H;/q;;;;+1/p-1. The van der Waals surface area contributed by atoms with E-state index >= 15 is 0 Å². The molecule has 0 atom stereocenters. The van der Waals surface area contributed by atoms with Crippen LogP contribution in [0.3, 0.4) is 0 Å². The van der Waals surface area contributed by atoms with Crippen LogP contribution in [-0.4, -0.2) is 17.3 Å². The van der Waals surface area contributed by atoms with Crippen molar-refractivity contribution >= 4 is 26.2 Å². The predicted octanol–water partition coefficient (Wildman–Crippen LogP) is 4.79. The number of hydrogen-bond acceptors (Lipinski definition) is 0. The maximum absolute atomic E-state index is 6.28. The average molecular weight is 297 g/mol. The van der Waals surface area contributed by atoms with E-state index in [1.54, 1.807) is 0 Å². The van der Waals surface area contributed by atoms with Gasteiger partial charge in [0.25, 0.3) is 0 Å². The minimum atomic E-state index is -1.90. The van der Waals surface area contributed by atoms with Crippen LogP contribution < -0.4 is 0 Å². The molecule has 0 aliphatic carbocycles. The van der Waals surface area contributed by atoms with E-state index in [9.17, 15) is 0 Å². The first kappa shape index (κ1) is 13.1. The predicted molar refractivity (Wildman–Crippen MR) is 61.5 cm³/mol. The van der Waals surface area contributed by atoms with Gasteiger partial charge in [-0.15, -0.1) is 0 Å². The third-order valence-electron chi connectivity index (χ3n) is 2.12. The molecule has 0 saturated heterocycles. The second kappa shape index (κ2) is 7.49. The molecule has 0 aromatic rings. The van der Waals surface area contributed by atoms with Gasteiger partial charge in [0.05, 0.1) is 0 Å². The summed E-state index contributed by atoms with van der Waals surface area (Å²) >= 11 is -1.90. The van der Waals surface area contributed by atoms with Gasteiger partial charge in [-0.25, -0.2) is 0 Å². The van der Waals surface area contributed by atoms with Gasteiger partial charge in [-0.3, -0.25) is 0 Å². The van der Waals surface area contributed by atoms with Crippen LogP contribution in [0.15, 0.2) is 0 Å². The Kier molecular flexibility index (Phi) is 8.17. The van der Waals surface area contributed by atoms with Gasteiger partial charge >= 0.3 is 85.9 Å². The molecule has 0 heterocycles. The molecule has 0 aliphatic heterocycles. The Bertz CT molecular complexity index is 96.5. The van der Waals surface area contributed by atoms with Gasteiger partial charge in [0, 0.05) is 0 Å². The van der Waals surface area contributed by atoms with Crippen molar-refractivity contribution in [2.24, 2.45) is 0 Å².